The summed E-state index contributed by atoms with van der Waals surface area (Å²) in [6.45, 7) is 3.93. The molecule has 24 heavy (non-hydrogen) atoms. The van der Waals surface area contributed by atoms with Gasteiger partial charge in [-0.1, -0.05) is 31.9 Å². The SMILES string of the molecule is CCCCCNC(=NC)NCCc1cccc(C(=O)N(C)C)c1.I. The van der Waals surface area contributed by atoms with E-state index in [-0.39, 0.29) is 29.9 Å². The van der Waals surface area contributed by atoms with Gasteiger partial charge in [0, 0.05) is 39.8 Å². The number of carbonyl (C=O) groups excluding carboxylic acids is 1. The van der Waals surface area contributed by atoms with Crippen molar-refractivity contribution in [2.75, 3.05) is 34.2 Å². The maximum atomic E-state index is 12.0. The van der Waals surface area contributed by atoms with Gasteiger partial charge in [0.2, 0.25) is 0 Å². The predicted octanol–water partition coefficient (Wildman–Crippen LogP) is 2.90. The fraction of sp³-hybridized carbons (Fsp3) is 0.556. The lowest BCUT2D eigenvalue weighted by Gasteiger charge is -2.13. The maximum Gasteiger partial charge on any atom is 0.253 e. The quantitative estimate of drug-likeness (QED) is 0.280. The summed E-state index contributed by atoms with van der Waals surface area (Å²) in [4.78, 5) is 17.8. The van der Waals surface area contributed by atoms with Crippen molar-refractivity contribution in [2.24, 2.45) is 4.99 Å². The van der Waals surface area contributed by atoms with E-state index in [0.29, 0.717) is 0 Å². The molecule has 0 atom stereocenters. The van der Waals surface area contributed by atoms with Gasteiger partial charge in [0.1, 0.15) is 0 Å². The number of carbonyl (C=O) groups is 1. The number of aliphatic imine (C=N–C) groups is 1. The van der Waals surface area contributed by atoms with E-state index < -0.39 is 0 Å². The molecule has 0 aromatic heterocycles. The molecule has 0 saturated carbocycles. The highest BCUT2D eigenvalue weighted by atomic mass is 127. The summed E-state index contributed by atoms with van der Waals surface area (Å²) >= 11 is 0. The number of nitrogens with one attached hydrogen (secondary N) is 2. The number of benzene rings is 1. The molecule has 0 aliphatic carbocycles. The van der Waals surface area contributed by atoms with Crippen molar-refractivity contribution in [3.63, 3.8) is 0 Å². The molecule has 0 unspecified atom stereocenters. The smallest absolute Gasteiger partial charge is 0.253 e. The van der Waals surface area contributed by atoms with Gasteiger partial charge in [-0.3, -0.25) is 9.79 Å². The molecule has 0 spiro atoms. The van der Waals surface area contributed by atoms with Crippen LogP contribution >= 0.6 is 24.0 Å². The van der Waals surface area contributed by atoms with Crippen LogP contribution in [0.25, 0.3) is 0 Å². The molecule has 2 N–H and O–H groups in total. The first-order valence-corrected chi connectivity index (χ1v) is 8.33. The van der Waals surface area contributed by atoms with Gasteiger partial charge >= 0.3 is 0 Å². The third kappa shape index (κ3) is 8.52. The summed E-state index contributed by atoms with van der Waals surface area (Å²) in [7, 11) is 5.32. The van der Waals surface area contributed by atoms with Gasteiger partial charge in [-0.2, -0.15) is 0 Å². The third-order valence-electron chi connectivity index (χ3n) is 3.58. The van der Waals surface area contributed by atoms with E-state index in [2.05, 4.69) is 22.5 Å². The van der Waals surface area contributed by atoms with Crippen LogP contribution in [0.2, 0.25) is 0 Å². The van der Waals surface area contributed by atoms with Gasteiger partial charge in [0.05, 0.1) is 0 Å². The van der Waals surface area contributed by atoms with Crippen LogP contribution in [0.4, 0.5) is 0 Å². The van der Waals surface area contributed by atoms with Gasteiger partial charge in [-0.05, 0) is 30.5 Å². The molecule has 0 radical (unpaired) electrons. The number of nitrogens with zero attached hydrogens (tertiary/aromatic N) is 2. The highest BCUT2D eigenvalue weighted by Gasteiger charge is 2.08. The lowest BCUT2D eigenvalue weighted by atomic mass is 10.1. The van der Waals surface area contributed by atoms with Crippen molar-refractivity contribution >= 4 is 35.8 Å². The Morgan fingerprint density at radius 1 is 1.17 bits per heavy atom. The Morgan fingerprint density at radius 3 is 2.50 bits per heavy atom. The molecular formula is C18H31IN4O. The van der Waals surface area contributed by atoms with Crippen molar-refractivity contribution in [1.29, 1.82) is 0 Å². The fourth-order valence-corrected chi connectivity index (χ4v) is 2.25. The normalized spacial score (nSPS) is 10.8. The molecule has 1 amide bonds. The minimum atomic E-state index is 0. The van der Waals surface area contributed by atoms with Crippen LogP contribution in [0, 0.1) is 0 Å². The van der Waals surface area contributed by atoms with Crippen molar-refractivity contribution < 1.29 is 4.79 Å². The molecule has 0 bridgehead atoms. The molecule has 0 saturated heterocycles. The Kier molecular flexibility index (Phi) is 12.3. The Hall–Kier alpha value is -1.31. The second kappa shape index (κ2) is 13.0. The van der Waals surface area contributed by atoms with Gasteiger partial charge in [-0.15, -0.1) is 24.0 Å². The first kappa shape index (κ1) is 22.7. The van der Waals surface area contributed by atoms with Crippen molar-refractivity contribution in [1.82, 2.24) is 15.5 Å². The van der Waals surface area contributed by atoms with Gasteiger partial charge in [0.15, 0.2) is 5.96 Å². The standard InChI is InChI=1S/C18H30N4O.HI/c1-5-6-7-12-20-18(19-2)21-13-11-15-9-8-10-16(14-15)17(23)22(3)4;/h8-10,14H,5-7,11-13H2,1-4H3,(H2,19,20,21);1H. The minimum Gasteiger partial charge on any atom is -0.356 e. The van der Waals surface area contributed by atoms with E-state index in [1.807, 2.05) is 24.3 Å². The van der Waals surface area contributed by atoms with E-state index in [9.17, 15) is 4.79 Å². The fourth-order valence-electron chi connectivity index (χ4n) is 2.25. The number of hydrogen-bond acceptors (Lipinski definition) is 2. The maximum absolute atomic E-state index is 12.0. The van der Waals surface area contributed by atoms with E-state index in [4.69, 9.17) is 0 Å². The Morgan fingerprint density at radius 2 is 1.88 bits per heavy atom. The molecule has 0 heterocycles. The van der Waals surface area contributed by atoms with Gasteiger partial charge in [-0.25, -0.2) is 0 Å². The van der Waals surface area contributed by atoms with E-state index in [0.717, 1.165) is 43.0 Å². The molecule has 1 aromatic carbocycles. The van der Waals surface area contributed by atoms with Gasteiger partial charge in [0.25, 0.3) is 5.91 Å². The summed E-state index contributed by atoms with van der Waals surface area (Å²) < 4.78 is 0. The second-order valence-corrected chi connectivity index (χ2v) is 5.78. The Bertz CT molecular complexity index is 517. The third-order valence-corrected chi connectivity index (χ3v) is 3.58. The Labute approximate surface area is 163 Å². The summed E-state index contributed by atoms with van der Waals surface area (Å²) in [5.41, 5.74) is 1.88. The summed E-state index contributed by atoms with van der Waals surface area (Å²) in [6, 6.07) is 7.80. The molecule has 0 fully saturated rings. The number of amides is 1. The number of guanidine groups is 1. The molecule has 0 aliphatic rings. The number of halogens is 1. The predicted molar refractivity (Wildman–Crippen MR) is 112 cm³/mol. The van der Waals surface area contributed by atoms with Crippen LogP contribution in [-0.4, -0.2) is 51.0 Å². The second-order valence-electron chi connectivity index (χ2n) is 5.78. The van der Waals surface area contributed by atoms with Crippen LogP contribution in [-0.2, 0) is 6.42 Å². The minimum absolute atomic E-state index is 0. The highest BCUT2D eigenvalue weighted by molar-refractivity contribution is 14.0. The van der Waals surface area contributed by atoms with Crippen LogP contribution in [0.1, 0.15) is 42.1 Å². The summed E-state index contributed by atoms with van der Waals surface area (Å²) in [5.74, 6) is 0.870. The first-order chi connectivity index (χ1) is 11.1. The molecule has 5 nitrogen and oxygen atoms in total. The topological polar surface area (TPSA) is 56.7 Å². The number of unbranched alkanes of at least 4 members (excludes halogenated alkanes) is 2. The zero-order chi connectivity index (χ0) is 17.1. The highest BCUT2D eigenvalue weighted by Crippen LogP contribution is 2.07. The number of rotatable bonds is 8. The largest absolute Gasteiger partial charge is 0.356 e. The average molecular weight is 446 g/mol. The van der Waals surface area contributed by atoms with Crippen molar-refractivity contribution in [3.8, 4) is 0 Å². The zero-order valence-corrected chi connectivity index (χ0v) is 17.6. The van der Waals surface area contributed by atoms with Crippen LogP contribution in [0.15, 0.2) is 29.3 Å². The molecule has 1 aromatic rings. The monoisotopic (exact) mass is 446 g/mol. The summed E-state index contributed by atoms with van der Waals surface area (Å²) in [5, 5.41) is 6.62. The Balaban J connectivity index is 0.00000529. The van der Waals surface area contributed by atoms with E-state index >= 15 is 0 Å². The zero-order valence-electron chi connectivity index (χ0n) is 15.3. The molecule has 6 heteroatoms. The lowest BCUT2D eigenvalue weighted by Crippen LogP contribution is -2.38. The van der Waals surface area contributed by atoms with Gasteiger partial charge < -0.3 is 15.5 Å². The average Bonchev–Trinajstić information content (AvgIpc) is 2.56. The molecule has 0 aliphatic heterocycles. The van der Waals surface area contributed by atoms with Crippen LogP contribution in [0.3, 0.4) is 0 Å². The van der Waals surface area contributed by atoms with Crippen molar-refractivity contribution in [3.05, 3.63) is 35.4 Å². The summed E-state index contributed by atoms with van der Waals surface area (Å²) in [6.07, 6.45) is 4.46. The lowest BCUT2D eigenvalue weighted by molar-refractivity contribution is 0.0827. The number of hydrogen-bond donors (Lipinski definition) is 2. The first-order valence-electron chi connectivity index (χ1n) is 8.33. The van der Waals surface area contributed by atoms with Crippen LogP contribution in [0.5, 0.6) is 0 Å². The van der Waals surface area contributed by atoms with E-state index in [1.165, 1.54) is 12.8 Å². The molecule has 136 valence electrons. The molecule has 1 rings (SSSR count). The molecular weight excluding hydrogens is 415 g/mol. The van der Waals surface area contributed by atoms with E-state index in [1.54, 1.807) is 26.0 Å². The van der Waals surface area contributed by atoms with Crippen LogP contribution < -0.4 is 10.6 Å². The van der Waals surface area contributed by atoms with Crippen molar-refractivity contribution in [2.45, 2.75) is 32.6 Å².